The monoisotopic (exact) mass is 355 g/mol. The summed E-state index contributed by atoms with van der Waals surface area (Å²) in [6.07, 6.45) is 1.47. The highest BCUT2D eigenvalue weighted by atomic mass is 16.6. The van der Waals surface area contributed by atoms with Gasteiger partial charge < -0.3 is 20.0 Å². The van der Waals surface area contributed by atoms with Crippen molar-refractivity contribution in [3.05, 3.63) is 75.3 Å². The average Bonchev–Trinajstić information content (AvgIpc) is 3.24. The number of benzene rings is 1. The molecule has 0 radical (unpaired) electrons. The molecule has 2 heterocycles. The van der Waals surface area contributed by atoms with Crippen LogP contribution in [-0.4, -0.2) is 25.8 Å². The van der Waals surface area contributed by atoms with Crippen LogP contribution in [0.3, 0.4) is 0 Å². The number of hydrogen-bond acceptors (Lipinski definition) is 6. The first-order chi connectivity index (χ1) is 12.5. The van der Waals surface area contributed by atoms with Gasteiger partial charge in [-0.3, -0.25) is 4.79 Å². The van der Waals surface area contributed by atoms with E-state index in [9.17, 15) is 14.9 Å². The summed E-state index contributed by atoms with van der Waals surface area (Å²) in [4.78, 5) is 22.8. The summed E-state index contributed by atoms with van der Waals surface area (Å²) in [5.41, 5.74) is 1.63. The van der Waals surface area contributed by atoms with Crippen LogP contribution in [0.4, 0.5) is 5.82 Å². The van der Waals surface area contributed by atoms with Crippen molar-refractivity contribution >= 4 is 11.7 Å². The highest BCUT2D eigenvalue weighted by Crippen LogP contribution is 2.18. The van der Waals surface area contributed by atoms with Crippen LogP contribution in [0.5, 0.6) is 0 Å². The first kappa shape index (κ1) is 17.3. The first-order valence-corrected chi connectivity index (χ1v) is 7.94. The van der Waals surface area contributed by atoms with Gasteiger partial charge in [-0.05, 0) is 24.3 Å². The summed E-state index contributed by atoms with van der Waals surface area (Å²) in [5.74, 6) is -0.182. The van der Waals surface area contributed by atoms with E-state index in [2.05, 4.69) is 15.6 Å². The number of carbonyl (C=O) groups is 1. The lowest BCUT2D eigenvalue weighted by Gasteiger charge is -2.13. The van der Waals surface area contributed by atoms with Gasteiger partial charge in [-0.1, -0.05) is 35.5 Å². The summed E-state index contributed by atoms with van der Waals surface area (Å²) in [6, 6.07) is 10.6. The molecule has 0 aliphatic rings. The summed E-state index contributed by atoms with van der Waals surface area (Å²) >= 11 is 0. The van der Waals surface area contributed by atoms with Gasteiger partial charge in [-0.15, -0.1) is 0 Å². The molecule has 0 spiro atoms. The number of nitro groups is 1. The quantitative estimate of drug-likeness (QED) is 0.537. The van der Waals surface area contributed by atoms with Gasteiger partial charge in [0.05, 0.1) is 35.5 Å². The van der Waals surface area contributed by atoms with Crippen LogP contribution in [0.1, 0.15) is 40.3 Å². The molecular weight excluding hydrogens is 338 g/mol. The largest absolute Gasteiger partial charge is 0.389 e. The van der Waals surface area contributed by atoms with Gasteiger partial charge in [0.15, 0.2) is 5.69 Å². The number of aryl methyl sites for hydroxylation is 1. The molecule has 1 unspecified atom stereocenters. The molecule has 2 aromatic heterocycles. The molecule has 9 nitrogen and oxygen atoms in total. The molecule has 0 saturated carbocycles. The van der Waals surface area contributed by atoms with Gasteiger partial charge in [-0.25, -0.2) is 0 Å². The number of carbonyl (C=O) groups excluding carboxylic acids is 1. The molecule has 0 aliphatic heterocycles. The zero-order chi connectivity index (χ0) is 18.7. The number of aromatic nitrogens is 3. The fourth-order valence-corrected chi connectivity index (χ4v) is 2.54. The van der Waals surface area contributed by atoms with Crippen LogP contribution < -0.4 is 5.32 Å². The molecular formula is C17H17N5O4. The van der Waals surface area contributed by atoms with E-state index in [0.29, 0.717) is 11.3 Å². The van der Waals surface area contributed by atoms with E-state index < -0.39 is 4.92 Å². The lowest BCUT2D eigenvalue weighted by atomic mass is 10.1. The van der Waals surface area contributed by atoms with E-state index in [1.165, 1.54) is 16.9 Å². The molecule has 0 fully saturated rings. The SMILES string of the molecule is Cc1onc(C(=O)NC(C)c2ccccc2)c1Cn1ccc([N+](=O)[O-])n1. The average molecular weight is 355 g/mol. The Hall–Kier alpha value is -3.49. The molecule has 0 aliphatic carbocycles. The second-order valence-electron chi connectivity index (χ2n) is 5.80. The van der Waals surface area contributed by atoms with Crippen molar-refractivity contribution < 1.29 is 14.2 Å². The fourth-order valence-electron chi connectivity index (χ4n) is 2.54. The Morgan fingerprint density at radius 2 is 2.08 bits per heavy atom. The Balaban J connectivity index is 1.78. The number of rotatable bonds is 6. The minimum atomic E-state index is -0.577. The topological polar surface area (TPSA) is 116 Å². The maximum Gasteiger partial charge on any atom is 0.389 e. The lowest BCUT2D eigenvalue weighted by molar-refractivity contribution is -0.389. The van der Waals surface area contributed by atoms with Crippen molar-refractivity contribution in [1.29, 1.82) is 0 Å². The Bertz CT molecular complexity index is 932. The fraction of sp³-hybridized carbons (Fsp3) is 0.235. The van der Waals surface area contributed by atoms with Crippen LogP contribution in [0.2, 0.25) is 0 Å². The molecule has 3 rings (SSSR count). The van der Waals surface area contributed by atoms with E-state index in [1.54, 1.807) is 6.92 Å². The Labute approximate surface area is 148 Å². The lowest BCUT2D eigenvalue weighted by Crippen LogP contribution is -2.28. The van der Waals surface area contributed by atoms with Crippen LogP contribution in [-0.2, 0) is 6.54 Å². The minimum Gasteiger partial charge on any atom is -0.361 e. The molecule has 0 saturated heterocycles. The zero-order valence-electron chi connectivity index (χ0n) is 14.2. The number of nitrogens with one attached hydrogen (secondary N) is 1. The van der Waals surface area contributed by atoms with Gasteiger partial charge in [-0.2, -0.15) is 4.68 Å². The third-order valence-electron chi connectivity index (χ3n) is 3.98. The first-order valence-electron chi connectivity index (χ1n) is 7.94. The number of nitrogens with zero attached hydrogens (tertiary/aromatic N) is 4. The third-order valence-corrected chi connectivity index (χ3v) is 3.98. The standard InChI is InChI=1S/C17H17N5O4/c1-11(13-6-4-3-5-7-13)18-17(23)16-14(12(2)26-20-16)10-21-9-8-15(19-21)22(24)25/h3-9,11H,10H2,1-2H3,(H,18,23). The Morgan fingerprint density at radius 1 is 1.35 bits per heavy atom. The van der Waals surface area contributed by atoms with Crippen LogP contribution in [0, 0.1) is 17.0 Å². The van der Waals surface area contributed by atoms with Crippen molar-refractivity contribution in [2.75, 3.05) is 0 Å². The summed E-state index contributed by atoms with van der Waals surface area (Å²) in [6.45, 7) is 3.69. The highest BCUT2D eigenvalue weighted by molar-refractivity contribution is 5.94. The van der Waals surface area contributed by atoms with Gasteiger partial charge >= 0.3 is 5.82 Å². The van der Waals surface area contributed by atoms with Crippen LogP contribution in [0.25, 0.3) is 0 Å². The van der Waals surface area contributed by atoms with E-state index in [-0.39, 0.29) is 30.0 Å². The van der Waals surface area contributed by atoms with Crippen molar-refractivity contribution in [2.45, 2.75) is 26.4 Å². The summed E-state index contributed by atoms with van der Waals surface area (Å²) in [7, 11) is 0. The van der Waals surface area contributed by atoms with Gasteiger partial charge in [0.25, 0.3) is 5.91 Å². The van der Waals surface area contributed by atoms with E-state index >= 15 is 0 Å². The Morgan fingerprint density at radius 3 is 2.73 bits per heavy atom. The molecule has 1 aromatic carbocycles. The molecule has 1 N–H and O–H groups in total. The zero-order valence-corrected chi connectivity index (χ0v) is 14.2. The second-order valence-corrected chi connectivity index (χ2v) is 5.80. The van der Waals surface area contributed by atoms with E-state index in [1.807, 2.05) is 37.3 Å². The maximum atomic E-state index is 12.6. The molecule has 3 aromatic rings. The van der Waals surface area contributed by atoms with Crippen LogP contribution >= 0.6 is 0 Å². The van der Waals surface area contributed by atoms with Crippen molar-refractivity contribution in [3.63, 3.8) is 0 Å². The molecule has 9 heteroatoms. The minimum absolute atomic E-state index is 0.142. The van der Waals surface area contributed by atoms with E-state index in [0.717, 1.165) is 5.56 Å². The molecule has 0 bridgehead atoms. The maximum absolute atomic E-state index is 12.6. The summed E-state index contributed by atoms with van der Waals surface area (Å²) in [5, 5.41) is 21.3. The smallest absolute Gasteiger partial charge is 0.361 e. The van der Waals surface area contributed by atoms with Gasteiger partial charge in [0.2, 0.25) is 0 Å². The Kier molecular flexibility index (Phi) is 4.78. The van der Waals surface area contributed by atoms with Gasteiger partial charge in [0, 0.05) is 0 Å². The number of amides is 1. The second kappa shape index (κ2) is 7.18. The van der Waals surface area contributed by atoms with Crippen molar-refractivity contribution in [3.8, 4) is 0 Å². The third kappa shape index (κ3) is 3.61. The van der Waals surface area contributed by atoms with Crippen molar-refractivity contribution in [2.24, 2.45) is 0 Å². The normalized spacial score (nSPS) is 11.9. The summed E-state index contributed by atoms with van der Waals surface area (Å²) < 4.78 is 6.51. The van der Waals surface area contributed by atoms with Gasteiger partial charge in [0.1, 0.15) is 5.76 Å². The molecule has 26 heavy (non-hydrogen) atoms. The predicted octanol–water partition coefficient (Wildman–Crippen LogP) is 2.63. The predicted molar refractivity (Wildman–Crippen MR) is 91.5 cm³/mol. The van der Waals surface area contributed by atoms with Crippen LogP contribution in [0.15, 0.2) is 47.1 Å². The molecule has 134 valence electrons. The molecule has 1 atom stereocenters. The van der Waals surface area contributed by atoms with Crippen molar-refractivity contribution in [1.82, 2.24) is 20.3 Å². The number of hydrogen-bond donors (Lipinski definition) is 1. The highest BCUT2D eigenvalue weighted by Gasteiger charge is 2.23. The molecule has 1 amide bonds. The van der Waals surface area contributed by atoms with E-state index in [4.69, 9.17) is 4.52 Å².